The average molecular weight is 341 g/mol. The number of hydrogen-bond acceptors (Lipinski definition) is 4. The standard InChI is InChI=1S/C17H23N7O/c1-4-22-10-15(8-18-22)11-23-12-16(9-19-23)20-17(25)5-6-24-14(3)7-13(2)21-24/h7-10,12H,4-6,11H2,1-3H3,(H,20,25). The lowest BCUT2D eigenvalue weighted by molar-refractivity contribution is -0.116. The second kappa shape index (κ2) is 7.33. The summed E-state index contributed by atoms with van der Waals surface area (Å²) in [4.78, 5) is 12.1. The van der Waals surface area contributed by atoms with Crippen LogP contribution in [0.4, 0.5) is 5.69 Å². The number of anilines is 1. The Morgan fingerprint density at radius 3 is 2.64 bits per heavy atom. The average Bonchev–Trinajstić information content (AvgIpc) is 3.27. The van der Waals surface area contributed by atoms with Gasteiger partial charge in [-0.1, -0.05) is 0 Å². The molecule has 0 aliphatic rings. The maximum Gasteiger partial charge on any atom is 0.226 e. The molecule has 0 aliphatic carbocycles. The molecule has 3 rings (SSSR count). The molecule has 0 aliphatic heterocycles. The van der Waals surface area contributed by atoms with Crippen LogP contribution in [0.1, 0.15) is 30.3 Å². The molecule has 1 amide bonds. The first-order chi connectivity index (χ1) is 12.0. The van der Waals surface area contributed by atoms with Crippen LogP contribution in [0.3, 0.4) is 0 Å². The van der Waals surface area contributed by atoms with Crippen LogP contribution in [-0.2, 0) is 24.4 Å². The van der Waals surface area contributed by atoms with Crippen LogP contribution in [0, 0.1) is 13.8 Å². The lowest BCUT2D eigenvalue weighted by Crippen LogP contribution is -2.15. The van der Waals surface area contributed by atoms with Crippen molar-refractivity contribution >= 4 is 11.6 Å². The van der Waals surface area contributed by atoms with E-state index in [9.17, 15) is 4.79 Å². The van der Waals surface area contributed by atoms with Crippen molar-refractivity contribution in [3.63, 3.8) is 0 Å². The van der Waals surface area contributed by atoms with E-state index < -0.39 is 0 Å². The molecule has 0 bridgehead atoms. The van der Waals surface area contributed by atoms with Crippen molar-refractivity contribution in [1.82, 2.24) is 29.3 Å². The van der Waals surface area contributed by atoms with Gasteiger partial charge in [0.2, 0.25) is 5.91 Å². The summed E-state index contributed by atoms with van der Waals surface area (Å²) >= 11 is 0. The third-order valence-corrected chi connectivity index (χ3v) is 3.93. The summed E-state index contributed by atoms with van der Waals surface area (Å²) in [5, 5.41) is 15.8. The maximum absolute atomic E-state index is 12.1. The van der Waals surface area contributed by atoms with Crippen LogP contribution in [0.25, 0.3) is 0 Å². The second-order valence-electron chi connectivity index (χ2n) is 6.08. The summed E-state index contributed by atoms with van der Waals surface area (Å²) in [6.45, 7) is 8.02. The third-order valence-electron chi connectivity index (χ3n) is 3.93. The maximum atomic E-state index is 12.1. The summed E-state index contributed by atoms with van der Waals surface area (Å²) in [5.74, 6) is -0.0501. The molecule has 0 spiro atoms. The Morgan fingerprint density at radius 1 is 1.16 bits per heavy atom. The molecule has 8 nitrogen and oxygen atoms in total. The molecule has 0 unspecified atom stereocenters. The fraction of sp³-hybridized carbons (Fsp3) is 0.412. The largest absolute Gasteiger partial charge is 0.323 e. The van der Waals surface area contributed by atoms with E-state index in [-0.39, 0.29) is 5.91 Å². The number of nitrogens with zero attached hydrogens (tertiary/aromatic N) is 6. The van der Waals surface area contributed by atoms with E-state index in [0.717, 1.165) is 23.5 Å². The second-order valence-corrected chi connectivity index (χ2v) is 6.08. The number of nitrogens with one attached hydrogen (secondary N) is 1. The fourth-order valence-corrected chi connectivity index (χ4v) is 2.69. The Bertz CT molecular complexity index is 858. The normalized spacial score (nSPS) is 11.0. The van der Waals surface area contributed by atoms with E-state index >= 15 is 0 Å². The van der Waals surface area contributed by atoms with Crippen molar-refractivity contribution in [3.8, 4) is 0 Å². The Balaban J connectivity index is 1.52. The summed E-state index contributed by atoms with van der Waals surface area (Å²) in [7, 11) is 0. The van der Waals surface area contributed by atoms with Gasteiger partial charge in [0, 0.05) is 43.2 Å². The van der Waals surface area contributed by atoms with Crippen LogP contribution in [0.5, 0.6) is 0 Å². The highest BCUT2D eigenvalue weighted by Crippen LogP contribution is 2.09. The molecule has 1 N–H and O–H groups in total. The van der Waals surface area contributed by atoms with Crippen LogP contribution in [0.2, 0.25) is 0 Å². The highest BCUT2D eigenvalue weighted by Gasteiger charge is 2.08. The van der Waals surface area contributed by atoms with Crippen molar-refractivity contribution < 1.29 is 4.79 Å². The zero-order valence-electron chi connectivity index (χ0n) is 14.8. The van der Waals surface area contributed by atoms with Gasteiger partial charge in [0.15, 0.2) is 0 Å². The zero-order chi connectivity index (χ0) is 17.8. The van der Waals surface area contributed by atoms with Gasteiger partial charge in [-0.15, -0.1) is 0 Å². The molecule has 0 aromatic carbocycles. The van der Waals surface area contributed by atoms with E-state index in [4.69, 9.17) is 0 Å². The van der Waals surface area contributed by atoms with E-state index in [2.05, 4.69) is 20.6 Å². The summed E-state index contributed by atoms with van der Waals surface area (Å²) in [6.07, 6.45) is 7.68. The molecule has 25 heavy (non-hydrogen) atoms. The van der Waals surface area contributed by atoms with E-state index in [0.29, 0.717) is 25.2 Å². The molecule has 0 radical (unpaired) electrons. The molecule has 3 aromatic rings. The van der Waals surface area contributed by atoms with Crippen molar-refractivity contribution in [2.24, 2.45) is 0 Å². The summed E-state index contributed by atoms with van der Waals surface area (Å²) in [6, 6.07) is 2.00. The lowest BCUT2D eigenvalue weighted by atomic mass is 10.3. The number of hydrogen-bond donors (Lipinski definition) is 1. The van der Waals surface area contributed by atoms with Gasteiger partial charge in [0.05, 0.1) is 30.3 Å². The highest BCUT2D eigenvalue weighted by atomic mass is 16.1. The molecule has 132 valence electrons. The predicted octanol–water partition coefficient (Wildman–Crippen LogP) is 1.99. The van der Waals surface area contributed by atoms with Gasteiger partial charge in [-0.2, -0.15) is 15.3 Å². The molecule has 0 atom stereocenters. The Morgan fingerprint density at radius 2 is 1.96 bits per heavy atom. The predicted molar refractivity (Wildman–Crippen MR) is 94.2 cm³/mol. The Hall–Kier alpha value is -2.90. The molecule has 0 saturated heterocycles. The summed E-state index contributed by atoms with van der Waals surface area (Å²) in [5.41, 5.74) is 3.80. The first-order valence-electron chi connectivity index (χ1n) is 8.38. The lowest BCUT2D eigenvalue weighted by Gasteiger charge is -2.04. The zero-order valence-corrected chi connectivity index (χ0v) is 14.8. The van der Waals surface area contributed by atoms with Crippen molar-refractivity contribution in [3.05, 3.63) is 47.8 Å². The van der Waals surface area contributed by atoms with Gasteiger partial charge in [-0.3, -0.25) is 18.8 Å². The molecular weight excluding hydrogens is 318 g/mol. The van der Waals surface area contributed by atoms with Gasteiger partial charge in [-0.05, 0) is 26.8 Å². The minimum absolute atomic E-state index is 0.0501. The van der Waals surface area contributed by atoms with Gasteiger partial charge in [0.1, 0.15) is 0 Å². The number of carbonyl (C=O) groups excluding carboxylic acids is 1. The molecular formula is C17H23N7O. The van der Waals surface area contributed by atoms with Gasteiger partial charge < -0.3 is 5.32 Å². The van der Waals surface area contributed by atoms with Crippen LogP contribution in [-0.4, -0.2) is 35.2 Å². The number of carbonyl (C=O) groups is 1. The van der Waals surface area contributed by atoms with Crippen LogP contribution < -0.4 is 5.32 Å². The van der Waals surface area contributed by atoms with Crippen molar-refractivity contribution in [2.75, 3.05) is 5.32 Å². The Labute approximate surface area is 146 Å². The van der Waals surface area contributed by atoms with Crippen LogP contribution in [0.15, 0.2) is 30.9 Å². The number of amides is 1. The summed E-state index contributed by atoms with van der Waals surface area (Å²) < 4.78 is 5.51. The SMILES string of the molecule is CCn1cc(Cn2cc(NC(=O)CCn3nc(C)cc3C)cn2)cn1. The van der Waals surface area contributed by atoms with Gasteiger partial charge >= 0.3 is 0 Å². The first kappa shape index (κ1) is 16.9. The third kappa shape index (κ3) is 4.34. The topological polar surface area (TPSA) is 82.6 Å². The molecule has 3 heterocycles. The van der Waals surface area contributed by atoms with Gasteiger partial charge in [-0.25, -0.2) is 0 Å². The van der Waals surface area contributed by atoms with E-state index in [1.165, 1.54) is 0 Å². The molecule has 3 aromatic heterocycles. The Kier molecular flexibility index (Phi) is 4.97. The van der Waals surface area contributed by atoms with Gasteiger partial charge in [0.25, 0.3) is 0 Å². The first-order valence-corrected chi connectivity index (χ1v) is 8.38. The fourth-order valence-electron chi connectivity index (χ4n) is 2.69. The number of rotatable bonds is 7. The van der Waals surface area contributed by atoms with E-state index in [1.807, 2.05) is 54.8 Å². The quantitative estimate of drug-likeness (QED) is 0.712. The minimum Gasteiger partial charge on any atom is -0.323 e. The molecule has 0 saturated carbocycles. The molecule has 8 heteroatoms. The smallest absolute Gasteiger partial charge is 0.226 e. The van der Waals surface area contributed by atoms with Crippen molar-refractivity contribution in [2.45, 2.75) is 46.8 Å². The molecule has 0 fully saturated rings. The monoisotopic (exact) mass is 341 g/mol. The highest BCUT2D eigenvalue weighted by molar-refractivity contribution is 5.90. The number of aryl methyl sites for hydroxylation is 4. The minimum atomic E-state index is -0.0501. The number of aromatic nitrogens is 6. The van der Waals surface area contributed by atoms with Crippen LogP contribution >= 0.6 is 0 Å². The van der Waals surface area contributed by atoms with E-state index in [1.54, 1.807) is 10.9 Å². The van der Waals surface area contributed by atoms with Crippen molar-refractivity contribution in [1.29, 1.82) is 0 Å².